The van der Waals surface area contributed by atoms with E-state index >= 15 is 0 Å². The number of hydrogen-bond donors (Lipinski definition) is 0. The van der Waals surface area contributed by atoms with Crippen LogP contribution < -0.4 is 4.74 Å². The zero-order chi connectivity index (χ0) is 16.7. The van der Waals surface area contributed by atoms with Crippen molar-refractivity contribution < 1.29 is 23.8 Å². The van der Waals surface area contributed by atoms with Crippen molar-refractivity contribution in [3.8, 4) is 5.75 Å². The lowest BCUT2D eigenvalue weighted by Crippen LogP contribution is -2.41. The van der Waals surface area contributed by atoms with E-state index in [1.807, 2.05) is 24.3 Å². The Balaban J connectivity index is 1.97. The minimum atomic E-state index is -1.16. The molecule has 0 radical (unpaired) electrons. The fourth-order valence-corrected chi connectivity index (χ4v) is 2.69. The van der Waals surface area contributed by atoms with Crippen LogP contribution >= 0.6 is 0 Å². The van der Waals surface area contributed by atoms with E-state index in [1.54, 1.807) is 7.11 Å². The van der Waals surface area contributed by atoms with Crippen molar-refractivity contribution in [3.05, 3.63) is 42.5 Å². The van der Waals surface area contributed by atoms with Crippen LogP contribution in [0.3, 0.4) is 0 Å². The van der Waals surface area contributed by atoms with Gasteiger partial charge in [0, 0.05) is 6.42 Å². The molecule has 1 aromatic carbocycles. The van der Waals surface area contributed by atoms with Gasteiger partial charge in [-0.3, -0.25) is 9.59 Å². The normalized spacial score (nSPS) is 20.3. The molecule has 0 bridgehead atoms. The monoisotopic (exact) mass is 318 g/mol. The van der Waals surface area contributed by atoms with Gasteiger partial charge in [-0.1, -0.05) is 24.8 Å². The standard InChI is InChI=1S/C18H22O5/c1-3-11-23-17(20)18(10-4-5-16(18)19)13-22-12-14-6-8-15(21-2)9-7-14/h3,6-9H,1,4-5,10-13H2,2H3. The number of benzene rings is 1. The molecule has 1 fully saturated rings. The van der Waals surface area contributed by atoms with E-state index in [9.17, 15) is 9.59 Å². The first-order valence-corrected chi connectivity index (χ1v) is 7.64. The van der Waals surface area contributed by atoms with Crippen LogP contribution in [0.4, 0.5) is 0 Å². The molecule has 23 heavy (non-hydrogen) atoms. The first-order chi connectivity index (χ1) is 11.1. The van der Waals surface area contributed by atoms with Crippen molar-refractivity contribution in [2.75, 3.05) is 20.3 Å². The minimum Gasteiger partial charge on any atom is -0.497 e. The molecule has 1 saturated carbocycles. The molecule has 0 aromatic heterocycles. The van der Waals surface area contributed by atoms with Crippen molar-refractivity contribution in [2.24, 2.45) is 5.41 Å². The first-order valence-electron chi connectivity index (χ1n) is 7.64. The Bertz CT molecular complexity index is 563. The van der Waals surface area contributed by atoms with Gasteiger partial charge < -0.3 is 14.2 Å². The highest BCUT2D eigenvalue weighted by atomic mass is 16.5. The van der Waals surface area contributed by atoms with E-state index in [2.05, 4.69) is 6.58 Å². The van der Waals surface area contributed by atoms with Gasteiger partial charge in [-0.25, -0.2) is 0 Å². The zero-order valence-electron chi connectivity index (χ0n) is 13.4. The summed E-state index contributed by atoms with van der Waals surface area (Å²) in [4.78, 5) is 24.5. The molecule has 0 N–H and O–H groups in total. The second kappa shape index (κ2) is 7.92. The van der Waals surface area contributed by atoms with Gasteiger partial charge in [0.2, 0.25) is 0 Å². The molecular formula is C18H22O5. The number of ketones is 1. The summed E-state index contributed by atoms with van der Waals surface area (Å²) >= 11 is 0. The van der Waals surface area contributed by atoms with Crippen LogP contribution in [0.2, 0.25) is 0 Å². The summed E-state index contributed by atoms with van der Waals surface area (Å²) in [5.74, 6) is 0.167. The molecule has 124 valence electrons. The largest absolute Gasteiger partial charge is 0.497 e. The van der Waals surface area contributed by atoms with Crippen LogP contribution in [0.5, 0.6) is 5.75 Å². The average Bonchev–Trinajstić information content (AvgIpc) is 2.95. The second-order valence-corrected chi connectivity index (χ2v) is 5.59. The van der Waals surface area contributed by atoms with Gasteiger partial charge in [0.25, 0.3) is 0 Å². The van der Waals surface area contributed by atoms with Gasteiger partial charge in [-0.15, -0.1) is 0 Å². The quantitative estimate of drug-likeness (QED) is 0.419. The number of ether oxygens (including phenoxy) is 3. The predicted octanol–water partition coefficient (Wildman–Crippen LogP) is 2.68. The molecule has 1 unspecified atom stereocenters. The maximum absolute atomic E-state index is 12.3. The van der Waals surface area contributed by atoms with Crippen molar-refractivity contribution in [3.63, 3.8) is 0 Å². The van der Waals surface area contributed by atoms with Gasteiger partial charge in [-0.05, 0) is 30.5 Å². The Labute approximate surface area is 136 Å². The summed E-state index contributed by atoms with van der Waals surface area (Å²) in [6, 6.07) is 7.46. The van der Waals surface area contributed by atoms with Crippen molar-refractivity contribution >= 4 is 11.8 Å². The summed E-state index contributed by atoms with van der Waals surface area (Å²) in [5.41, 5.74) is -0.207. The highest BCUT2D eigenvalue weighted by Gasteiger charge is 2.50. The molecular weight excluding hydrogens is 296 g/mol. The third-order valence-electron chi connectivity index (χ3n) is 4.04. The van der Waals surface area contributed by atoms with E-state index in [0.29, 0.717) is 25.9 Å². The van der Waals surface area contributed by atoms with Gasteiger partial charge in [0.1, 0.15) is 17.8 Å². The molecule has 0 heterocycles. The highest BCUT2D eigenvalue weighted by molar-refractivity contribution is 6.05. The molecule has 1 atom stereocenters. The summed E-state index contributed by atoms with van der Waals surface area (Å²) in [6.45, 7) is 3.99. The van der Waals surface area contributed by atoms with Crippen molar-refractivity contribution in [1.29, 1.82) is 0 Å². The third-order valence-corrected chi connectivity index (χ3v) is 4.04. The van der Waals surface area contributed by atoms with Crippen LogP contribution in [0.25, 0.3) is 0 Å². The van der Waals surface area contributed by atoms with E-state index in [1.165, 1.54) is 6.08 Å². The lowest BCUT2D eigenvalue weighted by molar-refractivity contribution is -0.162. The van der Waals surface area contributed by atoms with Crippen LogP contribution in [0.1, 0.15) is 24.8 Å². The summed E-state index contributed by atoms with van der Waals surface area (Å²) in [6.07, 6.45) is 3.05. The molecule has 0 saturated heterocycles. The molecule has 0 aliphatic heterocycles. The maximum Gasteiger partial charge on any atom is 0.322 e. The lowest BCUT2D eigenvalue weighted by atomic mass is 9.86. The molecule has 1 aliphatic carbocycles. The predicted molar refractivity (Wildman–Crippen MR) is 85.1 cm³/mol. The fraction of sp³-hybridized carbons (Fsp3) is 0.444. The Morgan fingerprint density at radius 2 is 2.09 bits per heavy atom. The summed E-state index contributed by atoms with van der Waals surface area (Å²) in [7, 11) is 1.61. The number of carbonyl (C=O) groups is 2. The Morgan fingerprint density at radius 1 is 1.35 bits per heavy atom. The topological polar surface area (TPSA) is 61.8 Å². The molecule has 1 aromatic rings. The molecule has 2 rings (SSSR count). The van der Waals surface area contributed by atoms with Crippen LogP contribution in [-0.2, 0) is 25.7 Å². The average molecular weight is 318 g/mol. The smallest absolute Gasteiger partial charge is 0.322 e. The van der Waals surface area contributed by atoms with Gasteiger partial charge in [0.05, 0.1) is 20.3 Å². The van der Waals surface area contributed by atoms with Crippen LogP contribution in [0.15, 0.2) is 36.9 Å². The Kier molecular flexibility index (Phi) is 5.93. The van der Waals surface area contributed by atoms with Crippen LogP contribution in [0, 0.1) is 5.41 Å². The SMILES string of the molecule is C=CCOC(=O)C1(COCc2ccc(OC)cc2)CCCC1=O. The molecule has 0 amide bonds. The van der Waals surface area contributed by atoms with Gasteiger partial charge in [-0.2, -0.15) is 0 Å². The summed E-state index contributed by atoms with van der Waals surface area (Å²) < 4.78 is 15.9. The second-order valence-electron chi connectivity index (χ2n) is 5.59. The first kappa shape index (κ1) is 17.2. The number of carbonyl (C=O) groups excluding carboxylic acids is 2. The zero-order valence-corrected chi connectivity index (χ0v) is 13.4. The molecule has 5 nitrogen and oxygen atoms in total. The number of methoxy groups -OCH3 is 1. The van der Waals surface area contributed by atoms with E-state index in [-0.39, 0.29) is 19.0 Å². The third kappa shape index (κ3) is 3.99. The van der Waals surface area contributed by atoms with E-state index in [0.717, 1.165) is 11.3 Å². The van der Waals surface area contributed by atoms with Gasteiger partial charge >= 0.3 is 5.97 Å². The maximum atomic E-state index is 12.3. The fourth-order valence-electron chi connectivity index (χ4n) is 2.69. The minimum absolute atomic E-state index is 0.0494. The lowest BCUT2D eigenvalue weighted by Gasteiger charge is -2.24. The molecule has 1 aliphatic rings. The number of rotatable bonds is 8. The van der Waals surface area contributed by atoms with Crippen molar-refractivity contribution in [1.82, 2.24) is 0 Å². The van der Waals surface area contributed by atoms with E-state index in [4.69, 9.17) is 14.2 Å². The van der Waals surface area contributed by atoms with Crippen molar-refractivity contribution in [2.45, 2.75) is 25.9 Å². The Hall–Kier alpha value is -2.14. The highest BCUT2D eigenvalue weighted by Crippen LogP contribution is 2.36. The van der Waals surface area contributed by atoms with E-state index < -0.39 is 11.4 Å². The Morgan fingerprint density at radius 3 is 2.65 bits per heavy atom. The van der Waals surface area contributed by atoms with Gasteiger partial charge in [0.15, 0.2) is 5.78 Å². The van der Waals surface area contributed by atoms with Crippen LogP contribution in [-0.4, -0.2) is 32.1 Å². The number of esters is 1. The number of Topliss-reactive ketones (excluding diaryl/α,β-unsaturated/α-hetero) is 1. The molecule has 5 heteroatoms. The summed E-state index contributed by atoms with van der Waals surface area (Å²) in [5, 5.41) is 0. The number of hydrogen-bond acceptors (Lipinski definition) is 5. The molecule has 0 spiro atoms.